The van der Waals surface area contributed by atoms with Gasteiger partial charge in [0.05, 0.1) is 18.5 Å². The van der Waals surface area contributed by atoms with Gasteiger partial charge < -0.3 is 5.32 Å². The molecular weight excluding hydrogens is 166 g/mol. The van der Waals surface area contributed by atoms with Crippen molar-refractivity contribution < 1.29 is 4.79 Å². The monoisotopic (exact) mass is 181 g/mol. The first-order chi connectivity index (χ1) is 6.25. The van der Waals surface area contributed by atoms with Gasteiger partial charge in [-0.1, -0.05) is 0 Å². The smallest absolute Gasteiger partial charge is 0.237 e. The van der Waals surface area contributed by atoms with Gasteiger partial charge in [-0.2, -0.15) is 5.26 Å². The van der Waals surface area contributed by atoms with E-state index in [4.69, 9.17) is 5.26 Å². The van der Waals surface area contributed by atoms with E-state index in [1.165, 1.54) is 0 Å². The SMILES string of the molecule is CN1CCCC1C(=O)NCCC#N. The average Bonchev–Trinajstić information content (AvgIpc) is 2.52. The molecule has 1 saturated heterocycles. The minimum absolute atomic E-state index is 0.0266. The topological polar surface area (TPSA) is 56.1 Å². The van der Waals surface area contributed by atoms with Gasteiger partial charge in [-0.25, -0.2) is 0 Å². The van der Waals surface area contributed by atoms with E-state index in [-0.39, 0.29) is 11.9 Å². The molecule has 13 heavy (non-hydrogen) atoms. The third-order valence-corrected chi connectivity index (χ3v) is 2.36. The van der Waals surface area contributed by atoms with Gasteiger partial charge in [0.1, 0.15) is 0 Å². The molecule has 1 rings (SSSR count). The molecule has 0 aliphatic carbocycles. The lowest BCUT2D eigenvalue weighted by atomic mass is 10.2. The van der Waals surface area contributed by atoms with Gasteiger partial charge in [-0.15, -0.1) is 0 Å². The fraction of sp³-hybridized carbons (Fsp3) is 0.778. The number of nitrogens with one attached hydrogen (secondary N) is 1. The van der Waals surface area contributed by atoms with Crippen LogP contribution in [0.4, 0.5) is 0 Å². The molecule has 1 unspecified atom stereocenters. The summed E-state index contributed by atoms with van der Waals surface area (Å²) in [6.45, 7) is 1.47. The van der Waals surface area contributed by atoms with E-state index >= 15 is 0 Å². The highest BCUT2D eigenvalue weighted by Gasteiger charge is 2.26. The van der Waals surface area contributed by atoms with Crippen molar-refractivity contribution in [2.24, 2.45) is 0 Å². The van der Waals surface area contributed by atoms with Gasteiger partial charge >= 0.3 is 0 Å². The molecular formula is C9H15N3O. The van der Waals surface area contributed by atoms with Crippen molar-refractivity contribution in [2.45, 2.75) is 25.3 Å². The Morgan fingerprint density at radius 1 is 1.77 bits per heavy atom. The number of carbonyl (C=O) groups excluding carboxylic acids is 1. The average molecular weight is 181 g/mol. The van der Waals surface area contributed by atoms with Crippen molar-refractivity contribution in [1.82, 2.24) is 10.2 Å². The van der Waals surface area contributed by atoms with Gasteiger partial charge in [0.25, 0.3) is 0 Å². The molecule has 72 valence electrons. The number of carbonyl (C=O) groups is 1. The Balaban J connectivity index is 2.27. The molecule has 0 spiro atoms. The van der Waals surface area contributed by atoms with Gasteiger partial charge in [0, 0.05) is 6.54 Å². The van der Waals surface area contributed by atoms with E-state index in [1.807, 2.05) is 13.1 Å². The van der Waals surface area contributed by atoms with Crippen LogP contribution in [-0.2, 0) is 4.79 Å². The van der Waals surface area contributed by atoms with Crippen molar-refractivity contribution in [2.75, 3.05) is 20.1 Å². The predicted molar refractivity (Wildman–Crippen MR) is 48.9 cm³/mol. The Morgan fingerprint density at radius 2 is 2.54 bits per heavy atom. The second-order valence-corrected chi connectivity index (χ2v) is 3.34. The van der Waals surface area contributed by atoms with Crippen LogP contribution in [0.3, 0.4) is 0 Å². The summed E-state index contributed by atoms with van der Waals surface area (Å²) in [5, 5.41) is 11.0. The summed E-state index contributed by atoms with van der Waals surface area (Å²) < 4.78 is 0. The van der Waals surface area contributed by atoms with Crippen LogP contribution in [0.1, 0.15) is 19.3 Å². The van der Waals surface area contributed by atoms with Gasteiger partial charge in [-0.05, 0) is 26.4 Å². The summed E-state index contributed by atoms with van der Waals surface area (Å²) in [6, 6.07) is 2.02. The lowest BCUT2D eigenvalue weighted by Gasteiger charge is -2.17. The van der Waals surface area contributed by atoms with E-state index in [0.29, 0.717) is 13.0 Å². The fourth-order valence-electron chi connectivity index (χ4n) is 1.60. The zero-order valence-corrected chi connectivity index (χ0v) is 7.92. The summed E-state index contributed by atoms with van der Waals surface area (Å²) in [4.78, 5) is 13.5. The summed E-state index contributed by atoms with van der Waals surface area (Å²) in [5.41, 5.74) is 0. The van der Waals surface area contributed by atoms with Gasteiger partial charge in [0.15, 0.2) is 0 Å². The molecule has 1 atom stereocenters. The highest BCUT2D eigenvalue weighted by atomic mass is 16.2. The molecule has 1 amide bonds. The zero-order chi connectivity index (χ0) is 9.68. The summed E-state index contributed by atoms with van der Waals surface area (Å²) in [7, 11) is 1.96. The Morgan fingerprint density at radius 3 is 3.08 bits per heavy atom. The quantitative estimate of drug-likeness (QED) is 0.629. The molecule has 0 radical (unpaired) electrons. The molecule has 4 nitrogen and oxygen atoms in total. The Hall–Kier alpha value is -1.08. The van der Waals surface area contributed by atoms with Crippen LogP contribution >= 0.6 is 0 Å². The highest BCUT2D eigenvalue weighted by molar-refractivity contribution is 5.81. The van der Waals surface area contributed by atoms with Gasteiger partial charge in [0.2, 0.25) is 5.91 Å². The first-order valence-corrected chi connectivity index (χ1v) is 4.60. The Kier molecular flexibility index (Phi) is 3.71. The predicted octanol–water partition coefficient (Wildman–Crippen LogP) is 0.110. The molecule has 1 aliphatic heterocycles. The number of nitrogens with zero attached hydrogens (tertiary/aromatic N) is 2. The maximum absolute atomic E-state index is 11.5. The third-order valence-electron chi connectivity index (χ3n) is 2.36. The molecule has 1 N–H and O–H groups in total. The second-order valence-electron chi connectivity index (χ2n) is 3.34. The fourth-order valence-corrected chi connectivity index (χ4v) is 1.60. The maximum atomic E-state index is 11.5. The molecule has 1 fully saturated rings. The van der Waals surface area contributed by atoms with Gasteiger partial charge in [-0.3, -0.25) is 9.69 Å². The molecule has 0 saturated carbocycles. The summed E-state index contributed by atoms with van der Waals surface area (Å²) in [6.07, 6.45) is 2.42. The largest absolute Gasteiger partial charge is 0.354 e. The van der Waals surface area contributed by atoms with Crippen molar-refractivity contribution >= 4 is 5.91 Å². The zero-order valence-electron chi connectivity index (χ0n) is 7.92. The molecule has 0 bridgehead atoms. The minimum Gasteiger partial charge on any atom is -0.354 e. The highest BCUT2D eigenvalue weighted by Crippen LogP contribution is 2.14. The Bertz CT molecular complexity index is 221. The number of nitriles is 1. The molecule has 0 aromatic carbocycles. The molecule has 1 heterocycles. The van der Waals surface area contributed by atoms with Crippen molar-refractivity contribution in [3.05, 3.63) is 0 Å². The van der Waals surface area contributed by atoms with Crippen LogP contribution in [0, 0.1) is 11.3 Å². The Labute approximate surface area is 78.5 Å². The van der Waals surface area contributed by atoms with Crippen molar-refractivity contribution in [1.29, 1.82) is 5.26 Å². The maximum Gasteiger partial charge on any atom is 0.237 e. The van der Waals surface area contributed by atoms with Crippen molar-refractivity contribution in [3.63, 3.8) is 0 Å². The van der Waals surface area contributed by atoms with E-state index in [0.717, 1.165) is 19.4 Å². The number of amides is 1. The third kappa shape index (κ3) is 2.71. The van der Waals surface area contributed by atoms with Crippen LogP contribution < -0.4 is 5.32 Å². The summed E-state index contributed by atoms with van der Waals surface area (Å²) in [5.74, 6) is 0.0650. The van der Waals surface area contributed by atoms with E-state index < -0.39 is 0 Å². The lowest BCUT2D eigenvalue weighted by Crippen LogP contribution is -2.41. The molecule has 0 aromatic heterocycles. The van der Waals surface area contributed by atoms with Crippen LogP contribution in [0.5, 0.6) is 0 Å². The number of likely N-dealkylation sites (N-methyl/N-ethyl adjacent to an activating group) is 1. The van der Waals surface area contributed by atoms with Crippen LogP contribution in [0.25, 0.3) is 0 Å². The number of hydrogen-bond acceptors (Lipinski definition) is 3. The van der Waals surface area contributed by atoms with Crippen LogP contribution in [0.2, 0.25) is 0 Å². The van der Waals surface area contributed by atoms with Crippen molar-refractivity contribution in [3.8, 4) is 6.07 Å². The number of hydrogen-bond donors (Lipinski definition) is 1. The standard InChI is InChI=1S/C9H15N3O/c1-12-7-2-4-8(12)9(13)11-6-3-5-10/h8H,2-4,6-7H2,1H3,(H,11,13). The summed E-state index contributed by atoms with van der Waals surface area (Å²) >= 11 is 0. The number of rotatable bonds is 3. The first-order valence-electron chi connectivity index (χ1n) is 4.60. The molecule has 4 heteroatoms. The lowest BCUT2D eigenvalue weighted by molar-refractivity contribution is -0.124. The van der Waals surface area contributed by atoms with E-state index in [2.05, 4.69) is 10.2 Å². The number of likely N-dealkylation sites (tertiary alicyclic amines) is 1. The normalized spacial score (nSPS) is 22.6. The minimum atomic E-state index is 0.0266. The first kappa shape index (κ1) is 10.0. The van der Waals surface area contributed by atoms with E-state index in [9.17, 15) is 4.79 Å². The molecule has 0 aromatic rings. The van der Waals surface area contributed by atoms with Crippen LogP contribution in [0.15, 0.2) is 0 Å². The molecule has 1 aliphatic rings. The van der Waals surface area contributed by atoms with Crippen LogP contribution in [-0.4, -0.2) is 37.0 Å². The second kappa shape index (κ2) is 4.83. The van der Waals surface area contributed by atoms with E-state index in [1.54, 1.807) is 0 Å².